The van der Waals surface area contributed by atoms with E-state index < -0.39 is 0 Å². The summed E-state index contributed by atoms with van der Waals surface area (Å²) in [7, 11) is 3.58. The van der Waals surface area contributed by atoms with Crippen LogP contribution in [0.4, 0.5) is 11.6 Å². The van der Waals surface area contributed by atoms with Gasteiger partial charge in [-0.05, 0) is 12.1 Å². The number of aromatic nitrogens is 2. The van der Waals surface area contributed by atoms with Crippen LogP contribution < -0.4 is 10.6 Å². The third kappa shape index (κ3) is 2.28. The van der Waals surface area contributed by atoms with Crippen LogP contribution in [0.25, 0.3) is 11.4 Å². The van der Waals surface area contributed by atoms with Crippen LogP contribution in [0.3, 0.4) is 0 Å². The summed E-state index contributed by atoms with van der Waals surface area (Å²) < 4.78 is 0. The van der Waals surface area contributed by atoms with E-state index in [2.05, 4.69) is 20.6 Å². The first-order chi connectivity index (χ1) is 8.24. The highest BCUT2D eigenvalue weighted by atomic mass is 16.3. The van der Waals surface area contributed by atoms with Crippen LogP contribution in [-0.4, -0.2) is 29.2 Å². The van der Waals surface area contributed by atoms with Crippen molar-refractivity contribution in [3.05, 3.63) is 30.3 Å². The Hall–Kier alpha value is -2.30. The molecule has 1 aromatic heterocycles. The van der Waals surface area contributed by atoms with E-state index in [4.69, 9.17) is 0 Å². The minimum atomic E-state index is 0.169. The normalized spacial score (nSPS) is 10.0. The van der Waals surface area contributed by atoms with E-state index in [9.17, 15) is 5.11 Å². The van der Waals surface area contributed by atoms with E-state index in [1.165, 1.54) is 0 Å². The molecule has 88 valence electrons. The van der Waals surface area contributed by atoms with Gasteiger partial charge in [0.1, 0.15) is 17.4 Å². The van der Waals surface area contributed by atoms with Crippen LogP contribution in [0.1, 0.15) is 0 Å². The molecule has 0 aliphatic rings. The number of para-hydroxylation sites is 1. The van der Waals surface area contributed by atoms with Crippen LogP contribution in [0.2, 0.25) is 0 Å². The van der Waals surface area contributed by atoms with Crippen molar-refractivity contribution in [2.24, 2.45) is 0 Å². The van der Waals surface area contributed by atoms with E-state index >= 15 is 0 Å². The molecular weight excluding hydrogens is 216 g/mol. The van der Waals surface area contributed by atoms with Crippen LogP contribution in [0.15, 0.2) is 30.3 Å². The maximum atomic E-state index is 9.77. The Bertz CT molecular complexity index is 505. The number of hydrogen-bond donors (Lipinski definition) is 3. The van der Waals surface area contributed by atoms with Gasteiger partial charge in [-0.3, -0.25) is 0 Å². The smallest absolute Gasteiger partial charge is 0.167 e. The third-order valence-electron chi connectivity index (χ3n) is 2.38. The Balaban J connectivity index is 2.55. The maximum Gasteiger partial charge on any atom is 0.167 e. The van der Waals surface area contributed by atoms with Gasteiger partial charge >= 0.3 is 0 Å². The Morgan fingerprint density at radius 3 is 2.12 bits per heavy atom. The van der Waals surface area contributed by atoms with E-state index in [0.717, 1.165) is 0 Å². The molecule has 0 amide bonds. The predicted molar refractivity (Wildman–Crippen MR) is 68.2 cm³/mol. The van der Waals surface area contributed by atoms with Gasteiger partial charge < -0.3 is 15.7 Å². The molecule has 0 atom stereocenters. The molecule has 0 fully saturated rings. The zero-order chi connectivity index (χ0) is 12.3. The van der Waals surface area contributed by atoms with Crippen LogP contribution in [0, 0.1) is 0 Å². The first-order valence-corrected chi connectivity index (χ1v) is 5.27. The van der Waals surface area contributed by atoms with Gasteiger partial charge in [-0.15, -0.1) is 0 Å². The molecule has 1 aromatic carbocycles. The summed E-state index contributed by atoms with van der Waals surface area (Å²) in [6, 6.07) is 8.79. The third-order valence-corrected chi connectivity index (χ3v) is 2.38. The maximum absolute atomic E-state index is 9.77. The Morgan fingerprint density at radius 2 is 1.59 bits per heavy atom. The molecule has 5 heteroatoms. The molecule has 2 rings (SSSR count). The summed E-state index contributed by atoms with van der Waals surface area (Å²) >= 11 is 0. The van der Waals surface area contributed by atoms with Crippen LogP contribution >= 0.6 is 0 Å². The summed E-state index contributed by atoms with van der Waals surface area (Å²) in [4.78, 5) is 8.62. The number of phenolic OH excluding ortho intramolecular Hbond substituents is 1. The van der Waals surface area contributed by atoms with Gasteiger partial charge in [0.25, 0.3) is 0 Å². The molecule has 0 saturated heterocycles. The first kappa shape index (κ1) is 11.2. The average molecular weight is 230 g/mol. The summed E-state index contributed by atoms with van der Waals surface area (Å²) in [6.45, 7) is 0. The van der Waals surface area contributed by atoms with Gasteiger partial charge in [-0.25, -0.2) is 9.97 Å². The highest BCUT2D eigenvalue weighted by Gasteiger charge is 2.09. The number of aromatic hydroxyl groups is 1. The molecular formula is C12H14N4O. The zero-order valence-corrected chi connectivity index (χ0v) is 9.73. The van der Waals surface area contributed by atoms with E-state index in [1.54, 1.807) is 38.4 Å². The first-order valence-electron chi connectivity index (χ1n) is 5.27. The van der Waals surface area contributed by atoms with Crippen molar-refractivity contribution in [2.75, 3.05) is 24.7 Å². The minimum absolute atomic E-state index is 0.169. The zero-order valence-electron chi connectivity index (χ0n) is 9.73. The van der Waals surface area contributed by atoms with Gasteiger partial charge in [0, 0.05) is 20.2 Å². The lowest BCUT2D eigenvalue weighted by atomic mass is 10.2. The quantitative estimate of drug-likeness (QED) is 0.751. The van der Waals surface area contributed by atoms with Gasteiger partial charge in [0.2, 0.25) is 0 Å². The lowest BCUT2D eigenvalue weighted by Crippen LogP contribution is -2.01. The molecule has 5 nitrogen and oxygen atoms in total. The van der Waals surface area contributed by atoms with Crippen molar-refractivity contribution >= 4 is 11.6 Å². The van der Waals surface area contributed by atoms with Crippen molar-refractivity contribution in [3.63, 3.8) is 0 Å². The van der Waals surface area contributed by atoms with Crippen molar-refractivity contribution in [1.82, 2.24) is 9.97 Å². The number of hydrogen-bond acceptors (Lipinski definition) is 5. The second-order valence-corrected chi connectivity index (χ2v) is 3.48. The molecule has 3 N–H and O–H groups in total. The van der Waals surface area contributed by atoms with Crippen molar-refractivity contribution in [1.29, 1.82) is 0 Å². The molecule has 1 heterocycles. The average Bonchev–Trinajstić information content (AvgIpc) is 2.38. The van der Waals surface area contributed by atoms with E-state index in [-0.39, 0.29) is 5.75 Å². The van der Waals surface area contributed by atoms with Gasteiger partial charge in [-0.1, -0.05) is 12.1 Å². The SMILES string of the molecule is CNc1cc(NC)nc(-c2ccccc2O)n1. The number of nitrogens with zero attached hydrogens (tertiary/aromatic N) is 2. The molecule has 0 unspecified atom stereocenters. The summed E-state index contributed by atoms with van der Waals surface area (Å²) in [6.07, 6.45) is 0. The number of anilines is 2. The monoisotopic (exact) mass is 230 g/mol. The molecule has 0 radical (unpaired) electrons. The second kappa shape index (κ2) is 4.69. The standard InChI is InChI=1S/C12H14N4O/c1-13-10-7-11(14-2)16-12(15-10)8-5-3-4-6-9(8)17/h3-7,17H,1-2H3,(H2,13,14,15,16). The Morgan fingerprint density at radius 1 is 1.00 bits per heavy atom. The Labute approximate surface area is 99.6 Å². The second-order valence-electron chi connectivity index (χ2n) is 3.48. The number of phenols is 1. The molecule has 0 aliphatic heterocycles. The van der Waals surface area contributed by atoms with Crippen LogP contribution in [0.5, 0.6) is 5.75 Å². The summed E-state index contributed by atoms with van der Waals surface area (Å²) in [5, 5.41) is 15.7. The highest BCUT2D eigenvalue weighted by molar-refractivity contribution is 5.66. The van der Waals surface area contributed by atoms with E-state index in [0.29, 0.717) is 23.0 Å². The summed E-state index contributed by atoms with van der Waals surface area (Å²) in [5.74, 6) is 2.05. The summed E-state index contributed by atoms with van der Waals surface area (Å²) in [5.41, 5.74) is 0.612. The topological polar surface area (TPSA) is 70.1 Å². The lowest BCUT2D eigenvalue weighted by molar-refractivity contribution is 0.477. The number of nitrogens with one attached hydrogen (secondary N) is 2. The van der Waals surface area contributed by atoms with Crippen molar-refractivity contribution in [2.45, 2.75) is 0 Å². The van der Waals surface area contributed by atoms with Gasteiger partial charge in [0.15, 0.2) is 5.82 Å². The fourth-order valence-corrected chi connectivity index (χ4v) is 1.49. The van der Waals surface area contributed by atoms with Crippen LogP contribution in [-0.2, 0) is 0 Å². The lowest BCUT2D eigenvalue weighted by Gasteiger charge is -2.08. The Kier molecular flexibility index (Phi) is 3.09. The van der Waals surface area contributed by atoms with Crippen molar-refractivity contribution < 1.29 is 5.11 Å². The highest BCUT2D eigenvalue weighted by Crippen LogP contribution is 2.27. The fraction of sp³-hybridized carbons (Fsp3) is 0.167. The van der Waals surface area contributed by atoms with Gasteiger partial charge in [-0.2, -0.15) is 0 Å². The molecule has 2 aromatic rings. The minimum Gasteiger partial charge on any atom is -0.507 e. The largest absolute Gasteiger partial charge is 0.507 e. The number of benzene rings is 1. The molecule has 0 aliphatic carbocycles. The van der Waals surface area contributed by atoms with Gasteiger partial charge in [0.05, 0.1) is 5.56 Å². The molecule has 0 spiro atoms. The predicted octanol–water partition coefficient (Wildman–Crippen LogP) is 1.93. The molecule has 17 heavy (non-hydrogen) atoms. The van der Waals surface area contributed by atoms with E-state index in [1.807, 2.05) is 6.07 Å². The number of rotatable bonds is 3. The van der Waals surface area contributed by atoms with Crippen molar-refractivity contribution in [3.8, 4) is 17.1 Å². The molecule has 0 bridgehead atoms. The molecule has 0 saturated carbocycles. The fourth-order valence-electron chi connectivity index (χ4n) is 1.49.